The van der Waals surface area contributed by atoms with Crippen LogP contribution in [0.3, 0.4) is 0 Å². The van der Waals surface area contributed by atoms with E-state index in [0.29, 0.717) is 19.3 Å². The van der Waals surface area contributed by atoms with Crippen molar-refractivity contribution in [1.29, 1.82) is 0 Å². The van der Waals surface area contributed by atoms with E-state index in [1.54, 1.807) is 6.20 Å². The van der Waals surface area contributed by atoms with Gasteiger partial charge in [0.1, 0.15) is 23.7 Å². The second kappa shape index (κ2) is 22.4. The summed E-state index contributed by atoms with van der Waals surface area (Å²) in [4.78, 5) is 89.6. The van der Waals surface area contributed by atoms with Gasteiger partial charge in [-0.05, 0) is 71.9 Å². The van der Waals surface area contributed by atoms with Gasteiger partial charge in [-0.2, -0.15) is 0 Å². The molecule has 12 N–H and O–H groups in total. The van der Waals surface area contributed by atoms with Gasteiger partial charge in [0.05, 0.1) is 6.54 Å². The summed E-state index contributed by atoms with van der Waals surface area (Å²) in [5.41, 5.74) is 20.7. The molecule has 6 amide bonds. The van der Waals surface area contributed by atoms with Gasteiger partial charge in [0.15, 0.2) is 5.96 Å². The van der Waals surface area contributed by atoms with Gasteiger partial charge in [0.25, 0.3) is 0 Å². The van der Waals surface area contributed by atoms with Crippen molar-refractivity contribution in [2.45, 2.75) is 115 Å². The van der Waals surface area contributed by atoms with E-state index >= 15 is 0 Å². The van der Waals surface area contributed by atoms with Gasteiger partial charge >= 0.3 is 0 Å². The second-order valence-corrected chi connectivity index (χ2v) is 16.6. The summed E-state index contributed by atoms with van der Waals surface area (Å²) in [6.45, 7) is 5.93. The van der Waals surface area contributed by atoms with E-state index < -0.39 is 59.7 Å². The number of amides is 6. The number of H-pyrrole nitrogens is 1. The summed E-state index contributed by atoms with van der Waals surface area (Å²) in [5.74, 6) is -3.42. The number of guanidine groups is 1. The zero-order chi connectivity index (χ0) is 45.5. The highest BCUT2D eigenvalue weighted by Crippen LogP contribution is 2.34. The van der Waals surface area contributed by atoms with Gasteiger partial charge in [0.2, 0.25) is 35.4 Å². The highest BCUT2D eigenvalue weighted by atomic mass is 16.2. The first kappa shape index (κ1) is 47.3. The fraction of sp³-hybridized carbons (Fsp3) is 0.426. The highest BCUT2D eigenvalue weighted by molar-refractivity contribution is 5.98. The molecule has 5 rings (SSSR count). The predicted octanol–water partition coefficient (Wildman–Crippen LogP) is 2.42. The number of fused-ring (bicyclic) bond motifs is 2. The number of para-hydroxylation sites is 1. The van der Waals surface area contributed by atoms with Crippen LogP contribution in [0.15, 0.2) is 84.0 Å². The van der Waals surface area contributed by atoms with Gasteiger partial charge in [-0.25, -0.2) is 0 Å². The molecule has 0 spiro atoms. The number of nitrogens with two attached hydrogens (primary N) is 3. The summed E-state index contributed by atoms with van der Waals surface area (Å²) < 4.78 is 0. The fourth-order valence-electron chi connectivity index (χ4n) is 8.14. The Hall–Kier alpha value is -6.71. The van der Waals surface area contributed by atoms with Crippen LogP contribution < -0.4 is 43.8 Å². The molecule has 3 aromatic carbocycles. The van der Waals surface area contributed by atoms with E-state index in [9.17, 15) is 28.8 Å². The molecule has 0 saturated heterocycles. The van der Waals surface area contributed by atoms with Crippen LogP contribution in [0.25, 0.3) is 10.9 Å². The van der Waals surface area contributed by atoms with Crippen molar-refractivity contribution in [3.05, 3.63) is 107 Å². The Morgan fingerprint density at radius 1 is 0.794 bits per heavy atom. The number of carbonyl (C=O) groups excluding carboxylic acids is 6. The van der Waals surface area contributed by atoms with Crippen molar-refractivity contribution >= 4 is 52.3 Å². The number of nitrogens with zero attached hydrogens (tertiary/aromatic N) is 1. The summed E-state index contributed by atoms with van der Waals surface area (Å²) in [6, 6.07) is 19.1. The van der Waals surface area contributed by atoms with Gasteiger partial charge in [-0.15, -0.1) is 0 Å². The molecule has 0 fully saturated rings. The minimum absolute atomic E-state index is 0.0373. The highest BCUT2D eigenvalue weighted by Gasteiger charge is 2.44. The van der Waals surface area contributed by atoms with Crippen LogP contribution in [-0.2, 0) is 54.5 Å². The molecule has 0 saturated carbocycles. The van der Waals surface area contributed by atoms with Crippen LogP contribution in [0.4, 0.5) is 0 Å². The summed E-state index contributed by atoms with van der Waals surface area (Å²) >= 11 is 0. The Labute approximate surface area is 368 Å². The molecule has 0 bridgehead atoms. The first-order valence-electron chi connectivity index (χ1n) is 21.7. The third-order valence-electron chi connectivity index (χ3n) is 11.4. The zero-order valence-electron chi connectivity index (χ0n) is 36.4. The van der Waals surface area contributed by atoms with Crippen LogP contribution in [-0.4, -0.2) is 83.1 Å². The SMILES string of the molecule is CCCCC(=O)N[C@@]1(C(=O)N[C@H](Cc2ccccc2)C(=O)N[C@@H](CCCN=C(N)N)C(=O)N[C@@H](Cc2c[nH]c3ccccc23)C(=O)NCC(N)=O)CCc2c(cccc2C(C)C)C1. The topological polar surface area (TPSA) is 269 Å². The number of primary amides is 1. The van der Waals surface area contributed by atoms with Crippen molar-refractivity contribution < 1.29 is 28.8 Å². The number of aromatic amines is 1. The van der Waals surface area contributed by atoms with E-state index in [4.69, 9.17) is 17.2 Å². The minimum Gasteiger partial charge on any atom is -0.370 e. The molecule has 4 atom stereocenters. The standard InChI is InChI=1S/C47H62N10O6/c1-4-5-20-41(59)57-47(22-21-34-31(26-47)15-11-17-33(34)29(2)3)45(63)56-38(24-30-13-7-6-8-14-30)44(62)54-37(19-12-23-51-46(49)50)43(61)55-39(42(60)53-28-40(48)58)25-32-27-52-36-18-10-9-16-35(32)36/h6-11,13-18,27,29,37-39,52H,4-5,12,19-26,28H2,1-3H3,(H2,48,58)(H,53,60)(H,54,62)(H,55,61)(H,56,63)(H,57,59)(H4,49,50,51)/t37-,38+,39-,47-/m0/s1. The largest absolute Gasteiger partial charge is 0.370 e. The lowest BCUT2D eigenvalue weighted by Crippen LogP contribution is -2.65. The Morgan fingerprint density at radius 2 is 1.49 bits per heavy atom. The Bertz CT molecular complexity index is 2270. The molecule has 16 heteroatoms. The molecule has 1 aliphatic rings. The average Bonchev–Trinajstić information content (AvgIpc) is 3.67. The van der Waals surface area contributed by atoms with Gasteiger partial charge in [-0.3, -0.25) is 33.8 Å². The first-order chi connectivity index (χ1) is 30.2. The molecule has 1 heterocycles. The van der Waals surface area contributed by atoms with Crippen LogP contribution in [0.2, 0.25) is 0 Å². The Balaban J connectivity index is 1.45. The minimum atomic E-state index is -1.35. The molecular formula is C47H62N10O6. The number of carbonyl (C=O) groups is 6. The number of benzene rings is 3. The van der Waals surface area contributed by atoms with Crippen LogP contribution in [0.5, 0.6) is 0 Å². The smallest absolute Gasteiger partial charge is 0.246 e. The number of aliphatic imine (C=N–C) groups is 1. The predicted molar refractivity (Wildman–Crippen MR) is 243 cm³/mol. The number of rotatable bonds is 22. The van der Waals surface area contributed by atoms with Crippen LogP contribution in [0.1, 0.15) is 93.0 Å². The summed E-state index contributed by atoms with van der Waals surface area (Å²) in [7, 11) is 0. The molecule has 0 aliphatic heterocycles. The van der Waals surface area contributed by atoms with E-state index in [1.807, 2.05) is 73.7 Å². The van der Waals surface area contributed by atoms with E-state index in [-0.39, 0.29) is 62.9 Å². The monoisotopic (exact) mass is 862 g/mol. The molecule has 0 unspecified atom stereocenters. The number of unbranched alkanes of at least 4 members (excludes halogenated alkanes) is 1. The Kier molecular flexibility index (Phi) is 16.8. The molecule has 16 nitrogen and oxygen atoms in total. The average molecular weight is 863 g/mol. The third kappa shape index (κ3) is 13.1. The lowest BCUT2D eigenvalue weighted by molar-refractivity contribution is -0.137. The van der Waals surface area contributed by atoms with Gasteiger partial charge in [0, 0.05) is 49.3 Å². The molecule has 4 aromatic rings. The summed E-state index contributed by atoms with van der Waals surface area (Å²) in [6.07, 6.45) is 4.95. The number of nitrogens with one attached hydrogen (secondary N) is 6. The van der Waals surface area contributed by atoms with E-state index in [0.717, 1.165) is 39.6 Å². The maximum Gasteiger partial charge on any atom is 0.246 e. The maximum atomic E-state index is 14.8. The maximum absolute atomic E-state index is 14.8. The molecule has 1 aromatic heterocycles. The third-order valence-corrected chi connectivity index (χ3v) is 11.4. The molecule has 336 valence electrons. The van der Waals surface area contributed by atoms with Crippen molar-refractivity contribution in [2.75, 3.05) is 13.1 Å². The van der Waals surface area contributed by atoms with Crippen molar-refractivity contribution in [3.8, 4) is 0 Å². The lowest BCUT2D eigenvalue weighted by Gasteiger charge is -2.39. The quantitative estimate of drug-likeness (QED) is 0.0321. The Morgan fingerprint density at radius 3 is 2.21 bits per heavy atom. The molecule has 63 heavy (non-hydrogen) atoms. The van der Waals surface area contributed by atoms with Crippen LogP contribution >= 0.6 is 0 Å². The first-order valence-corrected chi connectivity index (χ1v) is 21.7. The lowest BCUT2D eigenvalue weighted by atomic mass is 9.74. The number of aromatic nitrogens is 1. The van der Waals surface area contributed by atoms with Crippen molar-refractivity contribution in [3.63, 3.8) is 0 Å². The van der Waals surface area contributed by atoms with Crippen molar-refractivity contribution in [1.82, 2.24) is 31.6 Å². The normalized spacial score (nSPS) is 15.9. The second-order valence-electron chi connectivity index (χ2n) is 16.6. The van der Waals surface area contributed by atoms with E-state index in [2.05, 4.69) is 56.5 Å². The van der Waals surface area contributed by atoms with Gasteiger partial charge in [-0.1, -0.05) is 93.9 Å². The molecule has 0 radical (unpaired) electrons. The fourth-order valence-corrected chi connectivity index (χ4v) is 8.14. The zero-order valence-corrected chi connectivity index (χ0v) is 36.4. The van der Waals surface area contributed by atoms with Crippen LogP contribution in [0, 0.1) is 0 Å². The molecule has 1 aliphatic carbocycles. The number of hydrogen-bond donors (Lipinski definition) is 9. The van der Waals surface area contributed by atoms with E-state index in [1.165, 1.54) is 5.56 Å². The number of hydrogen-bond acceptors (Lipinski definition) is 7. The van der Waals surface area contributed by atoms with Gasteiger partial charge < -0.3 is 48.8 Å². The van der Waals surface area contributed by atoms with Crippen molar-refractivity contribution in [2.24, 2.45) is 22.2 Å². The summed E-state index contributed by atoms with van der Waals surface area (Å²) in [5, 5.41) is 15.1. The molecular weight excluding hydrogens is 801 g/mol.